The standard InChI is InChI=1S/C11H20F3NO3/c1-9(2)6-15(8-11(12,13)14)10(16)7-18-5-4-17-3/h9H,4-8H2,1-3H3. The molecule has 0 saturated carbocycles. The van der Waals surface area contributed by atoms with E-state index in [-0.39, 0.29) is 25.7 Å². The molecule has 0 aromatic carbocycles. The molecule has 108 valence electrons. The molecule has 0 N–H and O–H groups in total. The summed E-state index contributed by atoms with van der Waals surface area (Å²) in [6.07, 6.45) is -4.39. The number of amides is 1. The highest BCUT2D eigenvalue weighted by molar-refractivity contribution is 5.77. The number of hydrogen-bond donors (Lipinski definition) is 0. The maximum absolute atomic E-state index is 12.3. The van der Waals surface area contributed by atoms with Crippen LogP contribution in [0.5, 0.6) is 0 Å². The highest BCUT2D eigenvalue weighted by Gasteiger charge is 2.33. The van der Waals surface area contributed by atoms with Crippen molar-refractivity contribution in [1.29, 1.82) is 0 Å². The highest BCUT2D eigenvalue weighted by Crippen LogP contribution is 2.17. The van der Waals surface area contributed by atoms with Crippen LogP contribution < -0.4 is 0 Å². The molecule has 0 heterocycles. The number of carbonyl (C=O) groups is 1. The molecular formula is C11H20F3NO3. The lowest BCUT2D eigenvalue weighted by Gasteiger charge is -2.25. The zero-order chi connectivity index (χ0) is 14.2. The SMILES string of the molecule is COCCOCC(=O)N(CC(C)C)CC(F)(F)F. The van der Waals surface area contributed by atoms with E-state index in [0.29, 0.717) is 6.61 Å². The van der Waals surface area contributed by atoms with Gasteiger partial charge in [-0.1, -0.05) is 13.8 Å². The Hall–Kier alpha value is -0.820. The van der Waals surface area contributed by atoms with Crippen LogP contribution in [0.2, 0.25) is 0 Å². The summed E-state index contributed by atoms with van der Waals surface area (Å²) < 4.78 is 46.5. The maximum atomic E-state index is 12.3. The van der Waals surface area contributed by atoms with Gasteiger partial charge < -0.3 is 14.4 Å². The molecule has 0 aliphatic carbocycles. The van der Waals surface area contributed by atoms with Crippen molar-refractivity contribution in [3.63, 3.8) is 0 Å². The lowest BCUT2D eigenvalue weighted by atomic mass is 10.2. The van der Waals surface area contributed by atoms with Crippen LogP contribution in [0.3, 0.4) is 0 Å². The van der Waals surface area contributed by atoms with Crippen molar-refractivity contribution >= 4 is 5.91 Å². The molecule has 0 saturated heterocycles. The normalized spacial score (nSPS) is 11.9. The molecule has 0 aliphatic rings. The first kappa shape index (κ1) is 17.2. The fourth-order valence-electron chi connectivity index (χ4n) is 1.30. The largest absolute Gasteiger partial charge is 0.406 e. The first-order valence-electron chi connectivity index (χ1n) is 5.67. The average Bonchev–Trinajstić information content (AvgIpc) is 2.20. The molecule has 0 aromatic rings. The molecule has 7 heteroatoms. The molecule has 0 aromatic heterocycles. The summed E-state index contributed by atoms with van der Waals surface area (Å²) in [5, 5.41) is 0. The molecule has 1 amide bonds. The van der Waals surface area contributed by atoms with Crippen molar-refractivity contribution in [2.45, 2.75) is 20.0 Å². The minimum absolute atomic E-state index is 0.0322. The van der Waals surface area contributed by atoms with E-state index < -0.39 is 18.6 Å². The van der Waals surface area contributed by atoms with E-state index >= 15 is 0 Å². The molecule has 0 aliphatic heterocycles. The first-order chi connectivity index (χ1) is 8.26. The number of nitrogens with zero attached hydrogens (tertiary/aromatic N) is 1. The summed E-state index contributed by atoms with van der Waals surface area (Å²) in [5.41, 5.74) is 0. The van der Waals surface area contributed by atoms with Gasteiger partial charge in [0.1, 0.15) is 13.2 Å². The van der Waals surface area contributed by atoms with Gasteiger partial charge in [-0.3, -0.25) is 4.79 Å². The van der Waals surface area contributed by atoms with Crippen molar-refractivity contribution in [2.24, 2.45) is 5.92 Å². The van der Waals surface area contributed by atoms with Gasteiger partial charge in [-0.2, -0.15) is 13.2 Å². The van der Waals surface area contributed by atoms with Gasteiger partial charge in [-0.25, -0.2) is 0 Å². The van der Waals surface area contributed by atoms with Gasteiger partial charge in [0.2, 0.25) is 5.91 Å². The van der Waals surface area contributed by atoms with Gasteiger partial charge in [-0.15, -0.1) is 0 Å². The second-order valence-corrected chi connectivity index (χ2v) is 4.33. The molecular weight excluding hydrogens is 251 g/mol. The summed E-state index contributed by atoms with van der Waals surface area (Å²) in [4.78, 5) is 12.4. The Labute approximate surface area is 105 Å². The summed E-state index contributed by atoms with van der Waals surface area (Å²) in [7, 11) is 1.47. The molecule has 4 nitrogen and oxygen atoms in total. The van der Waals surface area contributed by atoms with Crippen LogP contribution in [0.1, 0.15) is 13.8 Å². The summed E-state index contributed by atoms with van der Waals surface area (Å²) in [5.74, 6) is -0.688. The van der Waals surface area contributed by atoms with Gasteiger partial charge in [0.05, 0.1) is 13.2 Å². The van der Waals surface area contributed by atoms with Crippen molar-refractivity contribution in [1.82, 2.24) is 4.90 Å². The molecule has 0 bridgehead atoms. The number of halogens is 3. The van der Waals surface area contributed by atoms with Crippen molar-refractivity contribution < 1.29 is 27.4 Å². The van der Waals surface area contributed by atoms with E-state index in [9.17, 15) is 18.0 Å². The summed E-state index contributed by atoms with van der Waals surface area (Å²) in [6, 6.07) is 0. The minimum Gasteiger partial charge on any atom is -0.382 e. The quantitative estimate of drug-likeness (QED) is 0.631. The minimum atomic E-state index is -4.39. The van der Waals surface area contributed by atoms with Gasteiger partial charge in [0.15, 0.2) is 0 Å². The van der Waals surface area contributed by atoms with E-state index in [1.807, 2.05) is 0 Å². The number of rotatable bonds is 8. The van der Waals surface area contributed by atoms with Crippen LogP contribution in [-0.4, -0.2) is 57.0 Å². The Morgan fingerprint density at radius 2 is 1.89 bits per heavy atom. The Balaban J connectivity index is 4.23. The molecule has 0 fully saturated rings. The molecule has 0 rings (SSSR count). The number of ether oxygens (including phenoxy) is 2. The van der Waals surface area contributed by atoms with Gasteiger partial charge >= 0.3 is 6.18 Å². The fraction of sp³-hybridized carbons (Fsp3) is 0.909. The van der Waals surface area contributed by atoms with Crippen LogP contribution in [0.15, 0.2) is 0 Å². The number of methoxy groups -OCH3 is 1. The number of hydrogen-bond acceptors (Lipinski definition) is 3. The lowest BCUT2D eigenvalue weighted by molar-refractivity contribution is -0.165. The van der Waals surface area contributed by atoms with Crippen LogP contribution >= 0.6 is 0 Å². The van der Waals surface area contributed by atoms with E-state index in [4.69, 9.17) is 9.47 Å². The third kappa shape index (κ3) is 9.23. The second kappa shape index (κ2) is 8.31. The Bertz CT molecular complexity index is 244. The van der Waals surface area contributed by atoms with Gasteiger partial charge in [0, 0.05) is 13.7 Å². The van der Waals surface area contributed by atoms with E-state index in [1.54, 1.807) is 13.8 Å². The van der Waals surface area contributed by atoms with Crippen molar-refractivity contribution in [3.05, 3.63) is 0 Å². The number of carbonyl (C=O) groups excluding carboxylic acids is 1. The summed E-state index contributed by atoms with van der Waals surface area (Å²) in [6.45, 7) is 2.46. The van der Waals surface area contributed by atoms with Gasteiger partial charge in [-0.05, 0) is 5.92 Å². The topological polar surface area (TPSA) is 38.8 Å². The van der Waals surface area contributed by atoms with E-state index in [1.165, 1.54) is 7.11 Å². The Morgan fingerprint density at radius 1 is 1.28 bits per heavy atom. The molecule has 0 radical (unpaired) electrons. The van der Waals surface area contributed by atoms with Crippen LogP contribution in [0.25, 0.3) is 0 Å². The monoisotopic (exact) mass is 271 g/mol. The summed E-state index contributed by atoms with van der Waals surface area (Å²) >= 11 is 0. The Morgan fingerprint density at radius 3 is 2.33 bits per heavy atom. The third-order valence-electron chi connectivity index (χ3n) is 1.97. The third-order valence-corrected chi connectivity index (χ3v) is 1.97. The van der Waals surface area contributed by atoms with Crippen molar-refractivity contribution in [2.75, 3.05) is 40.0 Å². The van der Waals surface area contributed by atoms with E-state index in [2.05, 4.69) is 0 Å². The number of alkyl halides is 3. The molecule has 0 spiro atoms. The zero-order valence-corrected chi connectivity index (χ0v) is 10.9. The van der Waals surface area contributed by atoms with Crippen LogP contribution in [0.4, 0.5) is 13.2 Å². The maximum Gasteiger partial charge on any atom is 0.406 e. The first-order valence-corrected chi connectivity index (χ1v) is 5.67. The fourth-order valence-corrected chi connectivity index (χ4v) is 1.30. The molecule has 18 heavy (non-hydrogen) atoms. The second-order valence-electron chi connectivity index (χ2n) is 4.33. The highest BCUT2D eigenvalue weighted by atomic mass is 19.4. The lowest BCUT2D eigenvalue weighted by Crippen LogP contribution is -2.42. The van der Waals surface area contributed by atoms with Crippen LogP contribution in [0, 0.1) is 5.92 Å². The predicted molar refractivity (Wildman–Crippen MR) is 60.2 cm³/mol. The van der Waals surface area contributed by atoms with Gasteiger partial charge in [0.25, 0.3) is 0 Å². The average molecular weight is 271 g/mol. The zero-order valence-electron chi connectivity index (χ0n) is 10.9. The predicted octanol–water partition coefficient (Wildman–Crippen LogP) is 1.70. The van der Waals surface area contributed by atoms with Crippen LogP contribution in [-0.2, 0) is 14.3 Å². The molecule has 0 atom stereocenters. The molecule has 0 unspecified atom stereocenters. The Kier molecular flexibility index (Phi) is 7.93. The van der Waals surface area contributed by atoms with E-state index in [0.717, 1.165) is 4.90 Å². The smallest absolute Gasteiger partial charge is 0.382 e. The van der Waals surface area contributed by atoms with Crippen molar-refractivity contribution in [3.8, 4) is 0 Å².